The molecule has 0 N–H and O–H groups in total. The van der Waals surface area contributed by atoms with Gasteiger partial charge >= 0.3 is 0 Å². The molecule has 0 aromatic heterocycles. The second-order valence-electron chi connectivity index (χ2n) is 2.40. The Morgan fingerprint density at radius 2 is 2.20 bits per heavy atom. The van der Waals surface area contributed by atoms with Gasteiger partial charge in [-0.15, -0.1) is 0 Å². The van der Waals surface area contributed by atoms with Crippen LogP contribution >= 0.6 is 11.8 Å². The second kappa shape index (κ2) is 3.03. The van der Waals surface area contributed by atoms with Crippen molar-refractivity contribution in [3.8, 4) is 0 Å². The summed E-state index contributed by atoms with van der Waals surface area (Å²) in [7, 11) is 0. The Kier molecular flexibility index (Phi) is 2.50. The maximum absolute atomic E-state index is 12.5. The van der Waals surface area contributed by atoms with Gasteiger partial charge in [0, 0.05) is 0 Å². The molecule has 0 aliphatic carbocycles. The highest BCUT2D eigenvalue weighted by Crippen LogP contribution is 2.37. The van der Waals surface area contributed by atoms with Crippen molar-refractivity contribution in [2.75, 3.05) is 12.4 Å². The zero-order chi connectivity index (χ0) is 7.61. The molecule has 10 heavy (non-hydrogen) atoms. The SMILES string of the molecule is FCC(F)(F)C1CCCS1. The molecule has 0 aromatic rings. The minimum absolute atomic E-state index is 0.460. The van der Waals surface area contributed by atoms with E-state index >= 15 is 0 Å². The highest BCUT2D eigenvalue weighted by atomic mass is 32.2. The summed E-state index contributed by atoms with van der Waals surface area (Å²) in [5.41, 5.74) is 0. The number of rotatable bonds is 2. The topological polar surface area (TPSA) is 0 Å². The number of thioether (sulfide) groups is 1. The van der Waals surface area contributed by atoms with E-state index in [4.69, 9.17) is 0 Å². The molecule has 0 radical (unpaired) electrons. The van der Waals surface area contributed by atoms with Gasteiger partial charge in [0.05, 0.1) is 5.25 Å². The van der Waals surface area contributed by atoms with Crippen LogP contribution in [0.5, 0.6) is 0 Å². The Labute approximate surface area is 62.2 Å². The van der Waals surface area contributed by atoms with Crippen molar-refractivity contribution in [3.05, 3.63) is 0 Å². The Morgan fingerprint density at radius 1 is 1.50 bits per heavy atom. The minimum atomic E-state index is -3.08. The summed E-state index contributed by atoms with van der Waals surface area (Å²) in [6.45, 7) is -1.51. The van der Waals surface area contributed by atoms with Crippen LogP contribution in [0, 0.1) is 0 Å². The fraction of sp³-hybridized carbons (Fsp3) is 1.00. The van der Waals surface area contributed by atoms with Crippen molar-refractivity contribution < 1.29 is 13.2 Å². The molecule has 1 fully saturated rings. The molecular weight excluding hydrogens is 161 g/mol. The van der Waals surface area contributed by atoms with Crippen LogP contribution in [0.2, 0.25) is 0 Å². The van der Waals surface area contributed by atoms with Crippen molar-refractivity contribution in [2.24, 2.45) is 0 Å². The summed E-state index contributed by atoms with van der Waals surface area (Å²) in [5, 5.41) is -0.766. The molecule has 1 rings (SSSR count). The molecule has 1 heterocycles. The number of halogens is 3. The normalized spacial score (nSPS) is 27.3. The summed E-state index contributed by atoms with van der Waals surface area (Å²) in [5.74, 6) is -2.33. The van der Waals surface area contributed by atoms with Crippen LogP contribution in [-0.2, 0) is 0 Å². The molecule has 1 unspecified atom stereocenters. The van der Waals surface area contributed by atoms with Crippen molar-refractivity contribution in [2.45, 2.75) is 24.0 Å². The molecular formula is C6H9F3S. The van der Waals surface area contributed by atoms with Gasteiger partial charge in [-0.1, -0.05) is 0 Å². The van der Waals surface area contributed by atoms with Crippen LogP contribution in [0.1, 0.15) is 12.8 Å². The third-order valence-electron chi connectivity index (χ3n) is 1.58. The largest absolute Gasteiger partial charge is 0.287 e. The standard InChI is InChI=1S/C6H9F3S/c7-4-6(8,9)5-2-1-3-10-5/h5H,1-4H2. The van der Waals surface area contributed by atoms with Gasteiger partial charge in [0.1, 0.15) is 0 Å². The molecule has 60 valence electrons. The van der Waals surface area contributed by atoms with Crippen LogP contribution in [0.25, 0.3) is 0 Å². The molecule has 0 bridgehead atoms. The number of alkyl halides is 3. The van der Waals surface area contributed by atoms with Crippen LogP contribution < -0.4 is 0 Å². The zero-order valence-electron chi connectivity index (χ0n) is 5.45. The Balaban J connectivity index is 2.45. The van der Waals surface area contributed by atoms with Gasteiger partial charge in [0.25, 0.3) is 5.92 Å². The first-order valence-corrected chi connectivity index (χ1v) is 4.27. The van der Waals surface area contributed by atoms with Gasteiger partial charge in [-0.2, -0.15) is 11.8 Å². The molecule has 1 aliphatic rings. The van der Waals surface area contributed by atoms with Crippen molar-refractivity contribution in [1.29, 1.82) is 0 Å². The molecule has 0 nitrogen and oxygen atoms in total. The molecule has 0 spiro atoms. The maximum Gasteiger partial charge on any atom is 0.287 e. The Bertz CT molecular complexity index is 110. The van der Waals surface area contributed by atoms with Crippen LogP contribution in [-0.4, -0.2) is 23.6 Å². The van der Waals surface area contributed by atoms with Gasteiger partial charge < -0.3 is 0 Å². The predicted octanol–water partition coefficient (Wildman–Crippen LogP) is 2.49. The zero-order valence-corrected chi connectivity index (χ0v) is 6.26. The lowest BCUT2D eigenvalue weighted by Crippen LogP contribution is -2.31. The van der Waals surface area contributed by atoms with Gasteiger partial charge in [-0.25, -0.2) is 13.2 Å². The lowest BCUT2D eigenvalue weighted by molar-refractivity contribution is -0.0240. The van der Waals surface area contributed by atoms with Crippen molar-refractivity contribution >= 4 is 11.8 Å². The first-order valence-electron chi connectivity index (χ1n) is 3.22. The summed E-state index contributed by atoms with van der Waals surface area (Å²) >= 11 is 1.18. The van der Waals surface area contributed by atoms with Crippen molar-refractivity contribution in [1.82, 2.24) is 0 Å². The highest BCUT2D eigenvalue weighted by molar-refractivity contribution is 8.00. The third kappa shape index (κ3) is 1.59. The van der Waals surface area contributed by atoms with Gasteiger partial charge in [0.2, 0.25) is 0 Å². The first-order chi connectivity index (χ1) is 4.67. The van der Waals surface area contributed by atoms with Crippen LogP contribution in [0.4, 0.5) is 13.2 Å². The second-order valence-corrected chi connectivity index (χ2v) is 3.71. The number of hydrogen-bond donors (Lipinski definition) is 0. The molecule has 1 saturated heterocycles. The fourth-order valence-electron chi connectivity index (χ4n) is 0.997. The summed E-state index contributed by atoms with van der Waals surface area (Å²) < 4.78 is 36.6. The lowest BCUT2D eigenvalue weighted by atomic mass is 10.1. The van der Waals surface area contributed by atoms with E-state index in [0.29, 0.717) is 6.42 Å². The quantitative estimate of drug-likeness (QED) is 0.613. The van der Waals surface area contributed by atoms with E-state index in [9.17, 15) is 13.2 Å². The van der Waals surface area contributed by atoms with E-state index in [0.717, 1.165) is 12.2 Å². The summed E-state index contributed by atoms with van der Waals surface area (Å²) in [6.07, 6.45) is 1.26. The van der Waals surface area contributed by atoms with E-state index in [1.54, 1.807) is 0 Å². The van der Waals surface area contributed by atoms with E-state index in [1.807, 2.05) is 0 Å². The van der Waals surface area contributed by atoms with Crippen LogP contribution in [0.3, 0.4) is 0 Å². The van der Waals surface area contributed by atoms with E-state index in [1.165, 1.54) is 11.8 Å². The number of hydrogen-bond acceptors (Lipinski definition) is 1. The van der Waals surface area contributed by atoms with Crippen LogP contribution in [0.15, 0.2) is 0 Å². The molecule has 0 amide bonds. The molecule has 1 atom stereocenters. The Morgan fingerprint density at radius 3 is 2.60 bits per heavy atom. The average molecular weight is 170 g/mol. The molecule has 4 heteroatoms. The average Bonchev–Trinajstić information content (AvgIpc) is 2.38. The highest BCUT2D eigenvalue weighted by Gasteiger charge is 2.41. The predicted molar refractivity (Wildman–Crippen MR) is 36.4 cm³/mol. The molecule has 0 saturated carbocycles. The van der Waals surface area contributed by atoms with Crippen molar-refractivity contribution in [3.63, 3.8) is 0 Å². The van der Waals surface area contributed by atoms with Gasteiger partial charge in [-0.05, 0) is 18.6 Å². The van der Waals surface area contributed by atoms with E-state index in [-0.39, 0.29) is 0 Å². The smallest absolute Gasteiger partial charge is 0.244 e. The van der Waals surface area contributed by atoms with E-state index in [2.05, 4.69) is 0 Å². The third-order valence-corrected chi connectivity index (χ3v) is 3.09. The summed E-state index contributed by atoms with van der Waals surface area (Å²) in [4.78, 5) is 0. The minimum Gasteiger partial charge on any atom is -0.244 e. The lowest BCUT2D eigenvalue weighted by Gasteiger charge is -2.17. The maximum atomic E-state index is 12.5. The fourth-order valence-corrected chi connectivity index (χ4v) is 2.25. The molecule has 1 aliphatic heterocycles. The Hall–Kier alpha value is 0.140. The molecule has 0 aromatic carbocycles. The van der Waals surface area contributed by atoms with Gasteiger partial charge in [-0.3, -0.25) is 0 Å². The van der Waals surface area contributed by atoms with Gasteiger partial charge in [0.15, 0.2) is 6.67 Å². The summed E-state index contributed by atoms with van der Waals surface area (Å²) in [6, 6.07) is 0. The first kappa shape index (κ1) is 8.24. The monoisotopic (exact) mass is 170 g/mol. The van der Waals surface area contributed by atoms with E-state index < -0.39 is 17.8 Å².